The molecule has 0 aliphatic carbocycles. The molecule has 2 bridgehead atoms. The molecule has 2 aliphatic rings. The summed E-state index contributed by atoms with van der Waals surface area (Å²) >= 11 is 23.9. The van der Waals surface area contributed by atoms with Gasteiger partial charge in [0, 0.05) is 0 Å². The van der Waals surface area contributed by atoms with Gasteiger partial charge >= 0.3 is 0 Å². The van der Waals surface area contributed by atoms with Crippen molar-refractivity contribution in [1.29, 1.82) is 0 Å². The van der Waals surface area contributed by atoms with Gasteiger partial charge in [-0.25, -0.2) is 0 Å². The van der Waals surface area contributed by atoms with E-state index >= 15 is 0 Å². The van der Waals surface area contributed by atoms with Crippen LogP contribution in [-0.2, 0) is 9.53 Å². The second-order valence-corrected chi connectivity index (χ2v) is 6.78. The van der Waals surface area contributed by atoms with E-state index in [9.17, 15) is 4.79 Å². The molecule has 0 aromatic carbocycles. The Morgan fingerprint density at radius 1 is 1.00 bits per heavy atom. The number of Topliss-reactive ketones (excluding diaryl/α,β-unsaturated/α-hetero) is 1. The summed E-state index contributed by atoms with van der Waals surface area (Å²) in [6.07, 6.45) is 3.24. The van der Waals surface area contributed by atoms with E-state index in [1.54, 1.807) is 26.0 Å². The third-order valence-electron chi connectivity index (χ3n) is 2.96. The van der Waals surface area contributed by atoms with Crippen molar-refractivity contribution in [2.75, 3.05) is 0 Å². The van der Waals surface area contributed by atoms with Crippen molar-refractivity contribution in [3.63, 3.8) is 0 Å². The quantitative estimate of drug-likeness (QED) is 0.506. The molecule has 2 aliphatic heterocycles. The lowest BCUT2D eigenvalue weighted by molar-refractivity contribution is -0.153. The fourth-order valence-corrected chi connectivity index (χ4v) is 2.98. The maximum atomic E-state index is 12.0. The molecule has 0 radical (unpaired) electrons. The molecule has 0 amide bonds. The van der Waals surface area contributed by atoms with Crippen molar-refractivity contribution >= 4 is 52.2 Å². The first-order valence-corrected chi connectivity index (χ1v) is 5.79. The first-order valence-electron chi connectivity index (χ1n) is 4.28. The molecule has 1 fully saturated rings. The highest BCUT2D eigenvalue weighted by atomic mass is 35.5. The van der Waals surface area contributed by atoms with E-state index in [4.69, 9.17) is 51.1 Å². The highest BCUT2D eigenvalue weighted by Crippen LogP contribution is 2.59. The third-order valence-corrected chi connectivity index (χ3v) is 5.15. The molecular formula is C9H8Cl4O2. The Labute approximate surface area is 107 Å². The van der Waals surface area contributed by atoms with E-state index < -0.39 is 25.7 Å². The average molecular weight is 290 g/mol. The molecular weight excluding hydrogens is 282 g/mol. The van der Waals surface area contributed by atoms with Crippen LogP contribution >= 0.6 is 46.4 Å². The number of ketones is 1. The molecule has 0 saturated carbocycles. The van der Waals surface area contributed by atoms with Crippen LogP contribution in [0.15, 0.2) is 12.2 Å². The summed E-state index contributed by atoms with van der Waals surface area (Å²) in [7, 11) is 0. The summed E-state index contributed by atoms with van der Waals surface area (Å²) in [6.45, 7) is 3.24. The third kappa shape index (κ3) is 1.20. The lowest BCUT2D eigenvalue weighted by Crippen LogP contribution is -2.66. The van der Waals surface area contributed by atoms with Crippen molar-refractivity contribution in [3.8, 4) is 0 Å². The summed E-state index contributed by atoms with van der Waals surface area (Å²) in [4.78, 5) is 12.0. The molecule has 2 heterocycles. The average Bonchev–Trinajstić information content (AvgIpc) is 2.42. The van der Waals surface area contributed by atoms with Gasteiger partial charge in [-0.05, 0) is 13.8 Å². The fourth-order valence-electron chi connectivity index (χ4n) is 1.81. The smallest absolute Gasteiger partial charge is 0.211 e. The van der Waals surface area contributed by atoms with Crippen LogP contribution in [-0.4, -0.2) is 25.7 Å². The van der Waals surface area contributed by atoms with Crippen LogP contribution in [0.3, 0.4) is 0 Å². The largest absolute Gasteiger partial charge is 0.354 e. The normalized spacial score (nSPS) is 45.9. The Kier molecular flexibility index (Phi) is 2.28. The molecule has 0 aromatic heterocycles. The summed E-state index contributed by atoms with van der Waals surface area (Å²) < 4.78 is 2.06. The Balaban J connectivity index is 2.64. The van der Waals surface area contributed by atoms with Gasteiger partial charge < -0.3 is 4.74 Å². The van der Waals surface area contributed by atoms with Gasteiger partial charge in [-0.15, -0.1) is 0 Å². The molecule has 1 saturated heterocycles. The van der Waals surface area contributed by atoms with Crippen LogP contribution < -0.4 is 0 Å². The summed E-state index contributed by atoms with van der Waals surface area (Å²) in [5.74, 6) is -0.650. The van der Waals surface area contributed by atoms with Crippen molar-refractivity contribution in [2.24, 2.45) is 0 Å². The summed E-state index contributed by atoms with van der Waals surface area (Å²) in [6, 6.07) is 0. The minimum absolute atomic E-state index is 0.650. The molecule has 0 aromatic rings. The molecule has 2 nitrogen and oxygen atoms in total. The summed E-state index contributed by atoms with van der Waals surface area (Å²) in [5.41, 5.74) is -2.18. The van der Waals surface area contributed by atoms with E-state index in [2.05, 4.69) is 0 Å². The van der Waals surface area contributed by atoms with E-state index in [-0.39, 0.29) is 0 Å². The zero-order valence-corrected chi connectivity index (χ0v) is 11.0. The van der Waals surface area contributed by atoms with E-state index in [1.807, 2.05) is 0 Å². The number of halogens is 4. The SMILES string of the molecule is C[C@]12C=C[C@](C)(O1)C(Cl)(Cl)C(=O)C2(Cl)Cl. The highest BCUT2D eigenvalue weighted by molar-refractivity contribution is 6.70. The lowest BCUT2D eigenvalue weighted by Gasteiger charge is -2.49. The van der Waals surface area contributed by atoms with Gasteiger partial charge in [-0.3, -0.25) is 4.79 Å². The first-order chi connectivity index (χ1) is 6.57. The predicted molar refractivity (Wildman–Crippen MR) is 60.9 cm³/mol. The van der Waals surface area contributed by atoms with Crippen molar-refractivity contribution < 1.29 is 9.53 Å². The maximum absolute atomic E-state index is 12.0. The van der Waals surface area contributed by atoms with E-state index in [0.717, 1.165) is 0 Å². The molecule has 84 valence electrons. The zero-order valence-electron chi connectivity index (χ0n) is 7.98. The number of ether oxygens (including phenoxy) is 1. The van der Waals surface area contributed by atoms with Crippen LogP contribution in [0.25, 0.3) is 0 Å². The molecule has 6 heteroatoms. The van der Waals surface area contributed by atoms with Gasteiger partial charge in [-0.1, -0.05) is 58.6 Å². The molecule has 2 atom stereocenters. The van der Waals surface area contributed by atoms with Crippen LogP contribution in [0.4, 0.5) is 0 Å². The molecule has 15 heavy (non-hydrogen) atoms. The van der Waals surface area contributed by atoms with Crippen LogP contribution in [0, 0.1) is 0 Å². The minimum atomic E-state index is -1.77. The van der Waals surface area contributed by atoms with Gasteiger partial charge in [0.25, 0.3) is 0 Å². The molecule has 2 rings (SSSR count). The highest BCUT2D eigenvalue weighted by Gasteiger charge is 2.72. The Bertz CT molecular complexity index is 344. The van der Waals surface area contributed by atoms with Gasteiger partial charge in [0.2, 0.25) is 14.4 Å². The fraction of sp³-hybridized carbons (Fsp3) is 0.667. The van der Waals surface area contributed by atoms with Crippen LogP contribution in [0.5, 0.6) is 0 Å². The molecule has 0 N–H and O–H groups in total. The number of hydrogen-bond donors (Lipinski definition) is 0. The van der Waals surface area contributed by atoms with Gasteiger partial charge in [0.15, 0.2) is 0 Å². The summed E-state index contributed by atoms with van der Waals surface area (Å²) in [5, 5.41) is 0. The Hall–Kier alpha value is 0.530. The van der Waals surface area contributed by atoms with E-state index in [0.29, 0.717) is 0 Å². The number of fused-ring (bicyclic) bond motifs is 2. The van der Waals surface area contributed by atoms with Gasteiger partial charge in [-0.2, -0.15) is 0 Å². The van der Waals surface area contributed by atoms with Crippen LogP contribution in [0.1, 0.15) is 13.8 Å². The topological polar surface area (TPSA) is 26.3 Å². The number of carbonyl (C=O) groups excluding carboxylic acids is 1. The lowest BCUT2D eigenvalue weighted by atomic mass is 9.90. The number of rotatable bonds is 0. The van der Waals surface area contributed by atoms with Gasteiger partial charge in [0.1, 0.15) is 11.2 Å². The minimum Gasteiger partial charge on any atom is -0.354 e. The standard InChI is InChI=1S/C9H8Cl4O2/c1-6-3-4-7(2,15-6)9(12,13)5(14)8(6,10)11/h3-4H,1-2H3/t6-,7+. The second-order valence-electron chi connectivity index (χ2n) is 4.13. The van der Waals surface area contributed by atoms with E-state index in [1.165, 1.54) is 0 Å². The maximum Gasteiger partial charge on any atom is 0.211 e. The number of carbonyl (C=O) groups is 1. The predicted octanol–water partition coefficient (Wildman–Crippen LogP) is 3.02. The van der Waals surface area contributed by atoms with Crippen molar-refractivity contribution in [3.05, 3.63) is 12.2 Å². The monoisotopic (exact) mass is 288 g/mol. The number of hydrogen-bond acceptors (Lipinski definition) is 2. The van der Waals surface area contributed by atoms with Crippen LogP contribution in [0.2, 0.25) is 0 Å². The first kappa shape index (κ1) is 12.0. The van der Waals surface area contributed by atoms with Crippen molar-refractivity contribution in [2.45, 2.75) is 33.7 Å². The molecule has 0 spiro atoms. The molecule has 0 unspecified atom stereocenters. The Morgan fingerprint density at radius 2 is 1.33 bits per heavy atom. The van der Waals surface area contributed by atoms with Crippen molar-refractivity contribution in [1.82, 2.24) is 0 Å². The second kappa shape index (κ2) is 2.85. The number of alkyl halides is 4. The Morgan fingerprint density at radius 3 is 1.67 bits per heavy atom. The zero-order chi connectivity index (χ0) is 11.7. The van der Waals surface area contributed by atoms with Gasteiger partial charge in [0.05, 0.1) is 0 Å².